The van der Waals surface area contributed by atoms with Crippen LogP contribution in [0.2, 0.25) is 0 Å². The lowest BCUT2D eigenvalue weighted by Crippen LogP contribution is -2.15. The summed E-state index contributed by atoms with van der Waals surface area (Å²) in [6, 6.07) is 13.8. The molecule has 27 heavy (non-hydrogen) atoms. The molecule has 0 aliphatic rings. The highest BCUT2D eigenvalue weighted by molar-refractivity contribution is 5.88. The number of hydrogen-bond donors (Lipinski definition) is 0. The highest BCUT2D eigenvalue weighted by Crippen LogP contribution is 2.19. The molecular formula is C21H24O6. The fourth-order valence-electron chi connectivity index (χ4n) is 2.45. The molecule has 0 atom stereocenters. The van der Waals surface area contributed by atoms with Crippen LogP contribution < -0.4 is 0 Å². The van der Waals surface area contributed by atoms with E-state index >= 15 is 0 Å². The van der Waals surface area contributed by atoms with Gasteiger partial charge in [-0.3, -0.25) is 4.79 Å². The molecule has 6 heteroatoms. The van der Waals surface area contributed by atoms with Gasteiger partial charge in [-0.25, -0.2) is 4.79 Å². The Hall–Kier alpha value is -2.70. The number of carbonyl (C=O) groups is 2. The smallest absolute Gasteiger partial charge is 0.330 e. The van der Waals surface area contributed by atoms with E-state index in [1.807, 2.05) is 42.5 Å². The Labute approximate surface area is 158 Å². The molecule has 0 saturated heterocycles. The van der Waals surface area contributed by atoms with Crippen LogP contribution in [0.5, 0.6) is 0 Å². The molecule has 6 nitrogen and oxygen atoms in total. The number of hydrogen-bond acceptors (Lipinski definition) is 6. The Morgan fingerprint density at radius 1 is 0.815 bits per heavy atom. The summed E-state index contributed by atoms with van der Waals surface area (Å²) in [5.41, 5.74) is 0.949. The fourth-order valence-corrected chi connectivity index (χ4v) is 2.45. The zero-order valence-corrected chi connectivity index (χ0v) is 15.2. The third-order valence-electron chi connectivity index (χ3n) is 3.72. The topological polar surface area (TPSA) is 71.1 Å². The van der Waals surface area contributed by atoms with E-state index in [4.69, 9.17) is 18.9 Å². The van der Waals surface area contributed by atoms with Gasteiger partial charge in [-0.2, -0.15) is 0 Å². The summed E-state index contributed by atoms with van der Waals surface area (Å²) in [6.45, 7) is 5.01. The van der Waals surface area contributed by atoms with Crippen LogP contribution in [0, 0.1) is 0 Å². The minimum Gasteiger partial charge on any atom is -0.463 e. The van der Waals surface area contributed by atoms with Gasteiger partial charge >= 0.3 is 11.9 Å². The second kappa shape index (κ2) is 11.8. The summed E-state index contributed by atoms with van der Waals surface area (Å²) < 4.78 is 20.5. The molecule has 0 aliphatic heterocycles. The van der Waals surface area contributed by atoms with Crippen molar-refractivity contribution in [3.63, 3.8) is 0 Å². The summed E-state index contributed by atoms with van der Waals surface area (Å²) in [7, 11) is 0. The highest BCUT2D eigenvalue weighted by Gasteiger charge is 2.08. The minimum atomic E-state index is -0.472. The van der Waals surface area contributed by atoms with E-state index in [-0.39, 0.29) is 25.6 Å². The van der Waals surface area contributed by atoms with Crippen molar-refractivity contribution in [2.75, 3.05) is 39.6 Å². The third-order valence-corrected chi connectivity index (χ3v) is 3.72. The summed E-state index contributed by atoms with van der Waals surface area (Å²) in [5.74, 6) is -0.754. The van der Waals surface area contributed by atoms with Crippen LogP contribution in [0.1, 0.15) is 5.56 Å². The zero-order chi connectivity index (χ0) is 19.3. The number of carbonyl (C=O) groups excluding carboxylic acids is 2. The maximum absolute atomic E-state index is 12.0. The molecule has 0 radical (unpaired) electrons. The fraction of sp³-hybridized carbons (Fsp3) is 0.333. The first kappa shape index (κ1) is 20.6. The molecule has 0 N–H and O–H groups in total. The normalized spacial score (nSPS) is 10.5. The second-order valence-corrected chi connectivity index (χ2v) is 5.63. The predicted octanol–water partition coefficient (Wildman–Crippen LogP) is 2.69. The minimum absolute atomic E-state index is 0.177. The van der Waals surface area contributed by atoms with Crippen LogP contribution in [0.4, 0.5) is 0 Å². The zero-order valence-electron chi connectivity index (χ0n) is 15.2. The largest absolute Gasteiger partial charge is 0.463 e. The number of benzene rings is 2. The van der Waals surface area contributed by atoms with Crippen LogP contribution >= 0.6 is 0 Å². The molecule has 0 fully saturated rings. The maximum atomic E-state index is 12.0. The number of rotatable bonds is 12. The Balaban J connectivity index is 1.54. The van der Waals surface area contributed by atoms with E-state index < -0.39 is 5.97 Å². The van der Waals surface area contributed by atoms with Crippen molar-refractivity contribution < 1.29 is 28.5 Å². The van der Waals surface area contributed by atoms with Gasteiger partial charge in [-0.05, 0) is 16.3 Å². The van der Waals surface area contributed by atoms with Gasteiger partial charge in [0.05, 0.1) is 32.8 Å². The molecule has 0 unspecified atom stereocenters. The molecule has 0 bridgehead atoms. The molecule has 2 aromatic carbocycles. The quantitative estimate of drug-likeness (QED) is 0.324. The molecule has 2 aromatic rings. The summed E-state index contributed by atoms with van der Waals surface area (Å²) in [5, 5.41) is 2.16. The van der Waals surface area contributed by atoms with Crippen LogP contribution in [0.3, 0.4) is 0 Å². The average Bonchev–Trinajstić information content (AvgIpc) is 2.69. The molecule has 0 aliphatic carbocycles. The predicted molar refractivity (Wildman–Crippen MR) is 101 cm³/mol. The van der Waals surface area contributed by atoms with Crippen LogP contribution in [-0.4, -0.2) is 51.6 Å². The molecule has 0 spiro atoms. The molecular weight excluding hydrogens is 348 g/mol. The van der Waals surface area contributed by atoms with Crippen LogP contribution in [-0.2, 0) is 35.0 Å². The van der Waals surface area contributed by atoms with E-state index in [1.54, 1.807) is 0 Å². The van der Waals surface area contributed by atoms with Crippen molar-refractivity contribution in [1.29, 1.82) is 0 Å². The summed E-state index contributed by atoms with van der Waals surface area (Å²) in [6.07, 6.45) is 1.33. The van der Waals surface area contributed by atoms with Gasteiger partial charge in [-0.15, -0.1) is 0 Å². The van der Waals surface area contributed by atoms with E-state index in [0.29, 0.717) is 26.4 Å². The van der Waals surface area contributed by atoms with Gasteiger partial charge < -0.3 is 18.9 Å². The molecule has 0 aromatic heterocycles. The van der Waals surface area contributed by atoms with E-state index in [0.717, 1.165) is 22.4 Å². The number of ether oxygens (including phenoxy) is 4. The van der Waals surface area contributed by atoms with E-state index in [2.05, 4.69) is 6.58 Å². The van der Waals surface area contributed by atoms with Gasteiger partial charge in [0.1, 0.15) is 13.2 Å². The molecule has 0 heterocycles. The van der Waals surface area contributed by atoms with Crippen molar-refractivity contribution >= 4 is 22.7 Å². The first-order valence-electron chi connectivity index (χ1n) is 8.77. The SMILES string of the molecule is C=CC(=O)OCCOCCOCCOC(=O)Cc1cccc2ccccc12. The lowest BCUT2D eigenvalue weighted by Gasteiger charge is -2.08. The van der Waals surface area contributed by atoms with Gasteiger partial charge in [0.25, 0.3) is 0 Å². The van der Waals surface area contributed by atoms with E-state index in [9.17, 15) is 9.59 Å². The van der Waals surface area contributed by atoms with Gasteiger partial charge in [-0.1, -0.05) is 49.0 Å². The lowest BCUT2D eigenvalue weighted by atomic mass is 10.0. The van der Waals surface area contributed by atoms with E-state index in [1.165, 1.54) is 0 Å². The second-order valence-electron chi connectivity index (χ2n) is 5.63. The third kappa shape index (κ3) is 7.60. The molecule has 0 saturated carbocycles. The van der Waals surface area contributed by atoms with Crippen LogP contribution in [0.15, 0.2) is 55.1 Å². The van der Waals surface area contributed by atoms with Crippen molar-refractivity contribution in [2.45, 2.75) is 6.42 Å². The first-order chi connectivity index (χ1) is 13.2. The van der Waals surface area contributed by atoms with Gasteiger partial charge in [0, 0.05) is 6.08 Å². The van der Waals surface area contributed by atoms with Crippen molar-refractivity contribution in [1.82, 2.24) is 0 Å². The summed E-state index contributed by atoms with van der Waals surface area (Å²) in [4.78, 5) is 22.8. The standard InChI is InChI=1S/C21H24O6/c1-2-20(22)26-14-12-24-10-11-25-13-15-27-21(23)16-18-8-5-7-17-6-3-4-9-19(17)18/h2-9H,1,10-16H2. The first-order valence-corrected chi connectivity index (χ1v) is 8.77. The Kier molecular flexibility index (Phi) is 9.03. The van der Waals surface area contributed by atoms with Crippen molar-refractivity contribution in [3.05, 3.63) is 60.7 Å². The highest BCUT2D eigenvalue weighted by atomic mass is 16.6. The lowest BCUT2D eigenvalue weighted by molar-refractivity contribution is -0.145. The Morgan fingerprint density at radius 3 is 2.19 bits per heavy atom. The Bertz CT molecular complexity index is 750. The maximum Gasteiger partial charge on any atom is 0.330 e. The number of fused-ring (bicyclic) bond motifs is 1. The number of esters is 2. The average molecular weight is 372 g/mol. The molecule has 0 amide bonds. The van der Waals surface area contributed by atoms with Gasteiger partial charge in [0.15, 0.2) is 0 Å². The van der Waals surface area contributed by atoms with Crippen molar-refractivity contribution in [2.24, 2.45) is 0 Å². The molecule has 144 valence electrons. The molecule has 2 rings (SSSR count). The van der Waals surface area contributed by atoms with Gasteiger partial charge in [0.2, 0.25) is 0 Å². The van der Waals surface area contributed by atoms with Crippen molar-refractivity contribution in [3.8, 4) is 0 Å². The Morgan fingerprint density at radius 2 is 1.44 bits per heavy atom. The van der Waals surface area contributed by atoms with Crippen LogP contribution in [0.25, 0.3) is 10.8 Å². The monoisotopic (exact) mass is 372 g/mol. The summed E-state index contributed by atoms with van der Waals surface area (Å²) >= 11 is 0.